The molecule has 0 aliphatic carbocycles. The molecule has 7 heteroatoms. The third kappa shape index (κ3) is 5.89. The molecule has 0 spiro atoms. The van der Waals surface area contributed by atoms with Gasteiger partial charge >= 0.3 is 12.0 Å². The minimum atomic E-state index is -0.507. The highest BCUT2D eigenvalue weighted by atomic mass is 35.5. The molecule has 6 nitrogen and oxygen atoms in total. The van der Waals surface area contributed by atoms with Crippen molar-refractivity contribution in [3.05, 3.63) is 58.6 Å². The second kappa shape index (κ2) is 9.83. The van der Waals surface area contributed by atoms with Crippen LogP contribution < -0.4 is 15.4 Å². The van der Waals surface area contributed by atoms with Gasteiger partial charge in [0, 0.05) is 0 Å². The number of anilines is 1. The molecule has 0 radical (unpaired) electrons. The Labute approximate surface area is 163 Å². The Hall–Kier alpha value is -2.73. The zero-order valence-electron chi connectivity index (χ0n) is 15.5. The SMILES string of the molecule is COC(=O)c1ccc(Cl)c(NC(=O)NCCOc2ccccc2C(C)C)c1. The van der Waals surface area contributed by atoms with E-state index in [1.54, 1.807) is 0 Å². The maximum Gasteiger partial charge on any atom is 0.337 e. The van der Waals surface area contributed by atoms with E-state index in [-0.39, 0.29) is 0 Å². The number of hydrogen-bond donors (Lipinski definition) is 2. The standard InChI is InChI=1S/C20H23ClN2O4/c1-13(2)15-6-4-5-7-18(15)27-11-10-22-20(25)23-17-12-14(19(24)26-3)8-9-16(17)21/h4-9,12-13H,10-11H2,1-3H3,(H2,22,23,25). The molecule has 0 aromatic heterocycles. The average Bonchev–Trinajstić information content (AvgIpc) is 2.66. The summed E-state index contributed by atoms with van der Waals surface area (Å²) in [6.07, 6.45) is 0. The number of rotatable bonds is 7. The average molecular weight is 391 g/mol. The number of methoxy groups -OCH3 is 1. The molecule has 0 unspecified atom stereocenters. The second-order valence-corrected chi connectivity index (χ2v) is 6.52. The van der Waals surface area contributed by atoms with Crippen molar-refractivity contribution in [1.29, 1.82) is 0 Å². The van der Waals surface area contributed by atoms with Crippen molar-refractivity contribution < 1.29 is 19.1 Å². The van der Waals surface area contributed by atoms with Gasteiger partial charge < -0.3 is 20.1 Å². The molecule has 2 aromatic rings. The van der Waals surface area contributed by atoms with Gasteiger partial charge in [0.2, 0.25) is 0 Å². The summed E-state index contributed by atoms with van der Waals surface area (Å²) >= 11 is 6.06. The number of carbonyl (C=O) groups is 2. The summed E-state index contributed by atoms with van der Waals surface area (Å²) in [6.45, 7) is 4.83. The Bertz CT molecular complexity index is 808. The summed E-state index contributed by atoms with van der Waals surface area (Å²) in [7, 11) is 1.29. The van der Waals surface area contributed by atoms with Gasteiger partial charge in [-0.3, -0.25) is 0 Å². The van der Waals surface area contributed by atoms with Gasteiger partial charge in [0.05, 0.1) is 29.9 Å². The van der Waals surface area contributed by atoms with Crippen LogP contribution in [0.2, 0.25) is 5.02 Å². The fraction of sp³-hybridized carbons (Fsp3) is 0.300. The molecule has 0 saturated carbocycles. The summed E-state index contributed by atoms with van der Waals surface area (Å²) in [4.78, 5) is 23.6. The lowest BCUT2D eigenvalue weighted by atomic mass is 10.0. The first-order valence-electron chi connectivity index (χ1n) is 8.56. The van der Waals surface area contributed by atoms with E-state index in [4.69, 9.17) is 16.3 Å². The molecule has 2 amide bonds. The first-order valence-corrected chi connectivity index (χ1v) is 8.94. The summed E-state index contributed by atoms with van der Waals surface area (Å²) in [5, 5.41) is 5.62. The quantitative estimate of drug-likeness (QED) is 0.541. The van der Waals surface area contributed by atoms with Crippen LogP contribution in [0.25, 0.3) is 0 Å². The minimum Gasteiger partial charge on any atom is -0.491 e. The molecule has 0 aliphatic heterocycles. The monoisotopic (exact) mass is 390 g/mol. The number of esters is 1. The molecule has 27 heavy (non-hydrogen) atoms. The van der Waals surface area contributed by atoms with E-state index in [0.29, 0.717) is 35.3 Å². The van der Waals surface area contributed by atoms with Gasteiger partial charge in [-0.1, -0.05) is 43.6 Å². The minimum absolute atomic E-state index is 0.297. The van der Waals surface area contributed by atoms with Crippen molar-refractivity contribution in [2.24, 2.45) is 0 Å². The van der Waals surface area contributed by atoms with Crippen LogP contribution in [-0.4, -0.2) is 32.3 Å². The molecule has 0 aliphatic rings. The molecule has 0 atom stereocenters. The van der Waals surface area contributed by atoms with Crippen molar-refractivity contribution in [3.8, 4) is 5.75 Å². The Morgan fingerprint density at radius 2 is 1.89 bits per heavy atom. The van der Waals surface area contributed by atoms with Crippen LogP contribution >= 0.6 is 11.6 Å². The number of benzene rings is 2. The van der Waals surface area contributed by atoms with Crippen LogP contribution in [0.5, 0.6) is 5.75 Å². The Kier molecular flexibility index (Phi) is 7.49. The largest absolute Gasteiger partial charge is 0.491 e. The molecule has 0 fully saturated rings. The van der Waals surface area contributed by atoms with E-state index < -0.39 is 12.0 Å². The van der Waals surface area contributed by atoms with E-state index in [9.17, 15) is 9.59 Å². The highest BCUT2D eigenvalue weighted by Gasteiger charge is 2.11. The maximum atomic E-state index is 12.0. The summed E-state index contributed by atoms with van der Waals surface area (Å²) in [5.41, 5.74) is 1.74. The number of carbonyl (C=O) groups excluding carboxylic acids is 2. The predicted octanol–water partition coefficient (Wildman–Crippen LogP) is 4.45. The molecule has 0 heterocycles. The molecule has 2 rings (SSSR count). The van der Waals surface area contributed by atoms with Gasteiger partial charge in [-0.05, 0) is 35.7 Å². The van der Waals surface area contributed by atoms with Crippen LogP contribution in [-0.2, 0) is 4.74 Å². The topological polar surface area (TPSA) is 76.7 Å². The highest BCUT2D eigenvalue weighted by Crippen LogP contribution is 2.26. The Balaban J connectivity index is 1.86. The lowest BCUT2D eigenvalue weighted by Crippen LogP contribution is -2.32. The molecule has 144 valence electrons. The van der Waals surface area contributed by atoms with Gasteiger partial charge in [-0.15, -0.1) is 0 Å². The maximum absolute atomic E-state index is 12.0. The van der Waals surface area contributed by atoms with Crippen LogP contribution in [0.3, 0.4) is 0 Å². The van der Waals surface area contributed by atoms with Gasteiger partial charge in [-0.2, -0.15) is 0 Å². The Morgan fingerprint density at radius 3 is 2.59 bits per heavy atom. The van der Waals surface area contributed by atoms with Crippen LogP contribution in [0.15, 0.2) is 42.5 Å². The normalized spacial score (nSPS) is 10.4. The van der Waals surface area contributed by atoms with E-state index in [2.05, 4.69) is 29.2 Å². The number of hydrogen-bond acceptors (Lipinski definition) is 4. The number of urea groups is 1. The van der Waals surface area contributed by atoms with Gasteiger partial charge in [-0.25, -0.2) is 9.59 Å². The van der Waals surface area contributed by atoms with Crippen LogP contribution in [0, 0.1) is 0 Å². The summed E-state index contributed by atoms with van der Waals surface area (Å²) in [5.74, 6) is 0.651. The molecular weight excluding hydrogens is 368 g/mol. The molecule has 0 saturated heterocycles. The van der Waals surface area contributed by atoms with Crippen molar-refractivity contribution in [1.82, 2.24) is 5.32 Å². The highest BCUT2D eigenvalue weighted by molar-refractivity contribution is 6.33. The lowest BCUT2D eigenvalue weighted by Gasteiger charge is -2.14. The van der Waals surface area contributed by atoms with Crippen molar-refractivity contribution in [2.45, 2.75) is 19.8 Å². The summed E-state index contributed by atoms with van der Waals surface area (Å²) in [6, 6.07) is 11.9. The Morgan fingerprint density at radius 1 is 1.15 bits per heavy atom. The second-order valence-electron chi connectivity index (χ2n) is 6.11. The van der Waals surface area contributed by atoms with Crippen molar-refractivity contribution >= 4 is 29.3 Å². The molecule has 0 bridgehead atoms. The first kappa shape index (κ1) is 20.6. The smallest absolute Gasteiger partial charge is 0.337 e. The first-order chi connectivity index (χ1) is 12.9. The van der Waals surface area contributed by atoms with E-state index in [1.807, 2.05) is 24.3 Å². The number of nitrogens with one attached hydrogen (secondary N) is 2. The van der Waals surface area contributed by atoms with Crippen LogP contribution in [0.1, 0.15) is 35.7 Å². The number of amides is 2. The number of para-hydroxylation sites is 1. The fourth-order valence-corrected chi connectivity index (χ4v) is 2.61. The molecule has 2 N–H and O–H groups in total. The fourth-order valence-electron chi connectivity index (χ4n) is 2.45. The lowest BCUT2D eigenvalue weighted by molar-refractivity contribution is 0.0600. The van der Waals surface area contributed by atoms with Crippen molar-refractivity contribution in [3.63, 3.8) is 0 Å². The van der Waals surface area contributed by atoms with Crippen molar-refractivity contribution in [2.75, 3.05) is 25.6 Å². The van der Waals surface area contributed by atoms with E-state index >= 15 is 0 Å². The van der Waals surface area contributed by atoms with Crippen LogP contribution in [0.4, 0.5) is 10.5 Å². The molecular formula is C20H23ClN2O4. The number of ether oxygens (including phenoxy) is 2. The van der Waals surface area contributed by atoms with E-state index in [0.717, 1.165) is 11.3 Å². The van der Waals surface area contributed by atoms with Gasteiger partial charge in [0.25, 0.3) is 0 Å². The van der Waals surface area contributed by atoms with Gasteiger partial charge in [0.15, 0.2) is 0 Å². The zero-order chi connectivity index (χ0) is 19.8. The van der Waals surface area contributed by atoms with E-state index in [1.165, 1.54) is 25.3 Å². The predicted molar refractivity (Wildman–Crippen MR) is 106 cm³/mol. The summed E-state index contributed by atoms with van der Waals surface area (Å²) < 4.78 is 10.4. The zero-order valence-corrected chi connectivity index (χ0v) is 16.3. The van der Waals surface area contributed by atoms with Gasteiger partial charge in [0.1, 0.15) is 12.4 Å². The molecule has 2 aromatic carbocycles. The third-order valence-electron chi connectivity index (χ3n) is 3.82. The third-order valence-corrected chi connectivity index (χ3v) is 4.15. The number of halogens is 1.